The van der Waals surface area contributed by atoms with E-state index in [1.54, 1.807) is 30.3 Å². The lowest BCUT2D eigenvalue weighted by Crippen LogP contribution is -2.06. The van der Waals surface area contributed by atoms with Crippen molar-refractivity contribution in [3.63, 3.8) is 0 Å². The van der Waals surface area contributed by atoms with E-state index >= 15 is 0 Å². The van der Waals surface area contributed by atoms with Crippen LogP contribution in [0.1, 0.15) is 91.5 Å². The van der Waals surface area contributed by atoms with Crippen molar-refractivity contribution in [2.24, 2.45) is 0 Å². The predicted octanol–water partition coefficient (Wildman–Crippen LogP) is 6.34. The lowest BCUT2D eigenvalue weighted by Gasteiger charge is -2.06. The Balaban J connectivity index is 0.000000320. The number of aromatic hydroxyl groups is 2. The average Bonchev–Trinajstić information content (AvgIpc) is 2.78. The van der Waals surface area contributed by atoms with Crippen molar-refractivity contribution in [2.75, 3.05) is 6.61 Å². The number of hydrogen-bond donors (Lipinski definition) is 3. The Bertz CT molecular complexity index is 831. The second kappa shape index (κ2) is 15.7. The Kier molecular flexibility index (Phi) is 13.3. The minimum absolute atomic E-state index is 0.00649. The largest absolute Gasteiger partial charge is 0.507 e. The number of rotatable bonds is 12. The molecule has 0 unspecified atom stereocenters. The number of benzene rings is 2. The molecule has 0 radical (unpaired) electrons. The molecular weight excluding hydrogens is 408 g/mol. The highest BCUT2D eigenvalue weighted by Gasteiger charge is 2.12. The monoisotopic (exact) mass is 444 g/mol. The first-order valence-electron chi connectivity index (χ1n) is 11.4. The minimum Gasteiger partial charge on any atom is -0.507 e. The van der Waals surface area contributed by atoms with Gasteiger partial charge in [0.2, 0.25) is 0 Å². The maximum atomic E-state index is 11.5. The van der Waals surface area contributed by atoms with E-state index in [1.807, 2.05) is 0 Å². The third-order valence-electron chi connectivity index (χ3n) is 5.00. The molecule has 0 spiro atoms. The van der Waals surface area contributed by atoms with Gasteiger partial charge in [0.25, 0.3) is 0 Å². The van der Waals surface area contributed by atoms with Crippen LogP contribution < -0.4 is 0 Å². The number of carbonyl (C=O) groups excluding carboxylic acids is 1. The summed E-state index contributed by atoms with van der Waals surface area (Å²) in [6.45, 7) is 4.70. The SMILES string of the molecule is CCCCCCOC(=O)c1ccccc1O.CCCCCCc1cccc(C(=O)O)c1O. The molecule has 0 aliphatic rings. The Labute approximate surface area is 190 Å². The van der Waals surface area contributed by atoms with Gasteiger partial charge in [-0.2, -0.15) is 0 Å². The molecule has 0 aliphatic carbocycles. The third kappa shape index (κ3) is 9.86. The number of carboxylic acids is 1. The Morgan fingerprint density at radius 3 is 2.03 bits per heavy atom. The zero-order chi connectivity index (χ0) is 23.8. The van der Waals surface area contributed by atoms with E-state index in [0.29, 0.717) is 6.61 Å². The summed E-state index contributed by atoms with van der Waals surface area (Å²) in [6, 6.07) is 11.3. The molecule has 0 aromatic heterocycles. The number of carboxylic acid groups (broad SMARTS) is 1. The summed E-state index contributed by atoms with van der Waals surface area (Å²) in [5.41, 5.74) is 0.960. The number of hydrogen-bond acceptors (Lipinski definition) is 5. The van der Waals surface area contributed by atoms with Crippen LogP contribution in [0.3, 0.4) is 0 Å². The highest BCUT2D eigenvalue weighted by atomic mass is 16.5. The first kappa shape index (κ1) is 27.0. The van der Waals surface area contributed by atoms with Gasteiger partial charge >= 0.3 is 11.9 Å². The molecule has 0 bridgehead atoms. The standard InChI is InChI=1S/2C13H18O3/c1-2-3-4-7-10-16-13(15)11-8-5-6-9-12(11)14;1-2-3-4-5-7-10-8-6-9-11(12(10)14)13(15)16/h5-6,8-9,14H,2-4,7,10H2,1H3;6,8-9,14H,2-5,7H2,1H3,(H,15,16). The fraction of sp³-hybridized carbons (Fsp3) is 0.462. The van der Waals surface area contributed by atoms with Gasteiger partial charge in [-0.25, -0.2) is 9.59 Å². The summed E-state index contributed by atoms with van der Waals surface area (Å²) in [4.78, 5) is 22.3. The summed E-state index contributed by atoms with van der Waals surface area (Å²) >= 11 is 0. The first-order valence-corrected chi connectivity index (χ1v) is 11.4. The van der Waals surface area contributed by atoms with Gasteiger partial charge in [-0.05, 0) is 43.0 Å². The van der Waals surface area contributed by atoms with Crippen molar-refractivity contribution in [3.8, 4) is 11.5 Å². The van der Waals surface area contributed by atoms with Crippen molar-refractivity contribution in [1.82, 2.24) is 0 Å². The van der Waals surface area contributed by atoms with E-state index in [2.05, 4.69) is 13.8 Å². The van der Waals surface area contributed by atoms with Gasteiger partial charge in [0.15, 0.2) is 0 Å². The molecule has 0 aliphatic heterocycles. The molecule has 2 rings (SSSR count). The highest BCUT2D eigenvalue weighted by Crippen LogP contribution is 2.24. The summed E-state index contributed by atoms with van der Waals surface area (Å²) in [5, 5.41) is 28.0. The Hall–Kier alpha value is -3.02. The number of aromatic carboxylic acids is 1. The van der Waals surface area contributed by atoms with E-state index < -0.39 is 11.9 Å². The first-order chi connectivity index (χ1) is 15.4. The molecule has 32 heavy (non-hydrogen) atoms. The molecule has 176 valence electrons. The lowest BCUT2D eigenvalue weighted by molar-refractivity contribution is 0.0494. The van der Waals surface area contributed by atoms with Crippen molar-refractivity contribution < 1.29 is 29.6 Å². The van der Waals surface area contributed by atoms with Crippen molar-refractivity contribution in [3.05, 3.63) is 59.2 Å². The Morgan fingerprint density at radius 2 is 1.41 bits per heavy atom. The van der Waals surface area contributed by atoms with E-state index in [4.69, 9.17) is 9.84 Å². The maximum Gasteiger partial charge on any atom is 0.341 e. The molecule has 6 heteroatoms. The molecule has 0 amide bonds. The van der Waals surface area contributed by atoms with Crippen LogP contribution in [0.25, 0.3) is 0 Å². The zero-order valence-corrected chi connectivity index (χ0v) is 19.2. The summed E-state index contributed by atoms with van der Waals surface area (Å²) in [7, 11) is 0. The summed E-state index contributed by atoms with van der Waals surface area (Å²) < 4.78 is 5.06. The van der Waals surface area contributed by atoms with Crippen LogP contribution in [-0.2, 0) is 11.2 Å². The normalized spacial score (nSPS) is 10.2. The van der Waals surface area contributed by atoms with Crippen molar-refractivity contribution in [2.45, 2.75) is 71.6 Å². The average molecular weight is 445 g/mol. The van der Waals surface area contributed by atoms with E-state index in [-0.39, 0.29) is 22.6 Å². The van der Waals surface area contributed by atoms with Gasteiger partial charge < -0.3 is 20.1 Å². The second-order valence-corrected chi connectivity index (χ2v) is 7.64. The predicted molar refractivity (Wildman–Crippen MR) is 125 cm³/mol. The summed E-state index contributed by atoms with van der Waals surface area (Å²) in [6.07, 6.45) is 9.48. The lowest BCUT2D eigenvalue weighted by atomic mass is 10.0. The molecule has 0 atom stereocenters. The van der Waals surface area contributed by atoms with Gasteiger partial charge in [-0.15, -0.1) is 0 Å². The molecule has 0 fully saturated rings. The van der Waals surface area contributed by atoms with Crippen LogP contribution in [0.15, 0.2) is 42.5 Å². The molecule has 2 aromatic carbocycles. The minimum atomic E-state index is -1.08. The molecule has 0 saturated heterocycles. The van der Waals surface area contributed by atoms with Gasteiger partial charge in [0.05, 0.1) is 6.61 Å². The van der Waals surface area contributed by atoms with Gasteiger partial charge in [0.1, 0.15) is 22.6 Å². The highest BCUT2D eigenvalue weighted by molar-refractivity contribution is 5.92. The number of unbranched alkanes of at least 4 members (excludes halogenated alkanes) is 6. The van der Waals surface area contributed by atoms with Gasteiger partial charge in [-0.1, -0.05) is 76.6 Å². The fourth-order valence-corrected chi connectivity index (χ4v) is 3.13. The van der Waals surface area contributed by atoms with Crippen molar-refractivity contribution >= 4 is 11.9 Å². The molecule has 0 saturated carbocycles. The van der Waals surface area contributed by atoms with Crippen molar-refractivity contribution in [1.29, 1.82) is 0 Å². The van der Waals surface area contributed by atoms with Crippen LogP contribution in [-0.4, -0.2) is 33.9 Å². The molecular formula is C26H36O6. The maximum absolute atomic E-state index is 11.5. The number of para-hydroxylation sites is 2. The smallest absolute Gasteiger partial charge is 0.341 e. The number of phenols is 2. The Morgan fingerprint density at radius 1 is 0.781 bits per heavy atom. The van der Waals surface area contributed by atoms with E-state index in [0.717, 1.165) is 50.5 Å². The number of aryl methyl sites for hydroxylation is 1. The van der Waals surface area contributed by atoms with Crippen LogP contribution >= 0.6 is 0 Å². The topological polar surface area (TPSA) is 104 Å². The van der Waals surface area contributed by atoms with E-state index in [9.17, 15) is 19.8 Å². The fourth-order valence-electron chi connectivity index (χ4n) is 3.13. The van der Waals surface area contributed by atoms with Crippen LogP contribution in [0.4, 0.5) is 0 Å². The summed E-state index contributed by atoms with van der Waals surface area (Å²) in [5.74, 6) is -1.63. The number of ether oxygens (including phenoxy) is 1. The van der Waals surface area contributed by atoms with Crippen LogP contribution in [0.2, 0.25) is 0 Å². The quantitative estimate of drug-likeness (QED) is 0.260. The number of phenolic OH excluding ortho intramolecular Hbond substituents is 1. The zero-order valence-electron chi connectivity index (χ0n) is 19.2. The number of esters is 1. The second-order valence-electron chi connectivity index (χ2n) is 7.64. The van der Waals surface area contributed by atoms with Gasteiger partial charge in [0, 0.05) is 0 Å². The number of carbonyl (C=O) groups is 2. The van der Waals surface area contributed by atoms with Crippen LogP contribution in [0.5, 0.6) is 11.5 Å². The molecule has 2 aromatic rings. The van der Waals surface area contributed by atoms with Crippen LogP contribution in [0, 0.1) is 0 Å². The molecule has 6 nitrogen and oxygen atoms in total. The molecule has 3 N–H and O–H groups in total. The van der Waals surface area contributed by atoms with E-state index in [1.165, 1.54) is 25.0 Å². The van der Waals surface area contributed by atoms with Gasteiger partial charge in [-0.3, -0.25) is 0 Å². The molecule has 0 heterocycles. The third-order valence-corrected chi connectivity index (χ3v) is 5.00.